The molecule has 3 rings (SSSR count). The van der Waals surface area contributed by atoms with E-state index in [1.54, 1.807) is 0 Å². The highest BCUT2D eigenvalue weighted by Crippen LogP contribution is 2.25. The van der Waals surface area contributed by atoms with Crippen LogP contribution in [0.15, 0.2) is 42.5 Å². The molecule has 0 bridgehead atoms. The van der Waals surface area contributed by atoms with Gasteiger partial charge in [0.05, 0.1) is 6.10 Å². The van der Waals surface area contributed by atoms with Crippen molar-refractivity contribution in [3.05, 3.63) is 64.7 Å². The Morgan fingerprint density at radius 3 is 2.54 bits per heavy atom. The van der Waals surface area contributed by atoms with Gasteiger partial charge in [0.2, 0.25) is 0 Å². The lowest BCUT2D eigenvalue weighted by Gasteiger charge is -2.26. The zero-order valence-corrected chi connectivity index (χ0v) is 14.7. The largest absolute Gasteiger partial charge is 0.508 e. The monoisotopic (exact) mass is 325 g/mol. The molecule has 1 aliphatic rings. The topological polar surface area (TPSA) is 32.7 Å². The second-order valence-electron chi connectivity index (χ2n) is 6.86. The Balaban J connectivity index is 1.77. The first kappa shape index (κ1) is 17.0. The van der Waals surface area contributed by atoms with Crippen LogP contribution in [0.1, 0.15) is 35.1 Å². The van der Waals surface area contributed by atoms with Crippen molar-refractivity contribution in [3.8, 4) is 5.75 Å². The van der Waals surface area contributed by atoms with Gasteiger partial charge in [-0.1, -0.05) is 36.4 Å². The van der Waals surface area contributed by atoms with Crippen LogP contribution in [0.2, 0.25) is 0 Å². The molecule has 3 heteroatoms. The molecule has 24 heavy (non-hydrogen) atoms. The van der Waals surface area contributed by atoms with Crippen LogP contribution in [-0.4, -0.2) is 29.3 Å². The molecule has 3 nitrogen and oxygen atoms in total. The summed E-state index contributed by atoms with van der Waals surface area (Å²) in [4.78, 5) is 2.38. The maximum atomic E-state index is 10.3. The molecule has 0 unspecified atom stereocenters. The molecule has 1 heterocycles. The first-order valence-corrected chi connectivity index (χ1v) is 8.79. The first-order chi connectivity index (χ1) is 11.6. The molecule has 1 aliphatic heterocycles. The van der Waals surface area contributed by atoms with E-state index in [-0.39, 0.29) is 0 Å². The normalized spacial score (nSPS) is 17.5. The van der Waals surface area contributed by atoms with Gasteiger partial charge in [0.1, 0.15) is 5.75 Å². The maximum absolute atomic E-state index is 10.3. The molecular formula is C21H27NO2. The van der Waals surface area contributed by atoms with E-state index in [9.17, 15) is 5.11 Å². The number of benzene rings is 2. The zero-order valence-electron chi connectivity index (χ0n) is 14.7. The number of rotatable bonds is 6. The van der Waals surface area contributed by atoms with Crippen molar-refractivity contribution in [1.29, 1.82) is 0 Å². The first-order valence-electron chi connectivity index (χ1n) is 8.79. The second-order valence-corrected chi connectivity index (χ2v) is 6.86. The molecule has 1 saturated heterocycles. The molecule has 0 aromatic heterocycles. The van der Waals surface area contributed by atoms with Gasteiger partial charge >= 0.3 is 0 Å². The lowest BCUT2D eigenvalue weighted by Crippen LogP contribution is -2.31. The Hall–Kier alpha value is -1.84. The van der Waals surface area contributed by atoms with Crippen LogP contribution in [0.25, 0.3) is 0 Å². The van der Waals surface area contributed by atoms with Crippen molar-refractivity contribution in [2.45, 2.75) is 45.9 Å². The number of hydrogen-bond donors (Lipinski definition) is 1. The average Bonchev–Trinajstić information content (AvgIpc) is 3.06. The number of aromatic hydroxyl groups is 1. The summed E-state index contributed by atoms with van der Waals surface area (Å²) in [5, 5.41) is 10.3. The van der Waals surface area contributed by atoms with Crippen LogP contribution < -0.4 is 0 Å². The van der Waals surface area contributed by atoms with Gasteiger partial charge in [-0.25, -0.2) is 0 Å². The standard InChI is InChI=1S/C21H27NO2/c1-16-11-19(21(23)12-17(16)2)14-22(15-20-9-6-10-24-20)13-18-7-4-3-5-8-18/h3-5,7-8,11-12,20,23H,6,9-10,13-15H2,1-2H3/t20-/m0/s1. The number of hydrogen-bond acceptors (Lipinski definition) is 3. The van der Waals surface area contributed by atoms with E-state index in [4.69, 9.17) is 4.74 Å². The van der Waals surface area contributed by atoms with Crippen LogP contribution >= 0.6 is 0 Å². The zero-order chi connectivity index (χ0) is 16.9. The van der Waals surface area contributed by atoms with Gasteiger partial charge in [-0.15, -0.1) is 0 Å². The third-order valence-corrected chi connectivity index (χ3v) is 4.82. The molecule has 128 valence electrons. The van der Waals surface area contributed by atoms with E-state index < -0.39 is 0 Å². The van der Waals surface area contributed by atoms with E-state index in [1.807, 2.05) is 19.1 Å². The third-order valence-electron chi connectivity index (χ3n) is 4.82. The summed E-state index contributed by atoms with van der Waals surface area (Å²) in [7, 11) is 0. The van der Waals surface area contributed by atoms with Crippen LogP contribution in [0, 0.1) is 13.8 Å². The highest BCUT2D eigenvalue weighted by atomic mass is 16.5. The molecule has 1 atom stereocenters. The summed E-state index contributed by atoms with van der Waals surface area (Å²) >= 11 is 0. The minimum Gasteiger partial charge on any atom is -0.508 e. The molecule has 0 radical (unpaired) electrons. The Kier molecular flexibility index (Phi) is 5.54. The summed E-state index contributed by atoms with van der Waals surface area (Å²) < 4.78 is 5.83. The van der Waals surface area contributed by atoms with Crippen LogP contribution in [-0.2, 0) is 17.8 Å². The maximum Gasteiger partial charge on any atom is 0.120 e. The number of ether oxygens (including phenoxy) is 1. The molecule has 2 aromatic carbocycles. The molecule has 0 saturated carbocycles. The van der Waals surface area contributed by atoms with Gasteiger partial charge in [-0.3, -0.25) is 4.90 Å². The van der Waals surface area contributed by atoms with Crippen molar-refractivity contribution in [2.75, 3.05) is 13.2 Å². The van der Waals surface area contributed by atoms with E-state index in [0.717, 1.165) is 50.2 Å². The van der Waals surface area contributed by atoms with E-state index in [0.29, 0.717) is 11.9 Å². The summed E-state index contributed by atoms with van der Waals surface area (Å²) in [5.74, 6) is 0.392. The Morgan fingerprint density at radius 2 is 1.83 bits per heavy atom. The molecule has 2 aromatic rings. The summed E-state index contributed by atoms with van der Waals surface area (Å²) in [6.07, 6.45) is 2.59. The van der Waals surface area contributed by atoms with E-state index >= 15 is 0 Å². The van der Waals surface area contributed by atoms with Crippen LogP contribution in [0.4, 0.5) is 0 Å². The third kappa shape index (κ3) is 4.37. The molecule has 1 N–H and O–H groups in total. The van der Waals surface area contributed by atoms with Gasteiger partial charge < -0.3 is 9.84 Å². The molecule has 0 amide bonds. The average molecular weight is 325 g/mol. The fourth-order valence-corrected chi connectivity index (χ4v) is 3.33. The van der Waals surface area contributed by atoms with Crippen LogP contribution in [0.3, 0.4) is 0 Å². The van der Waals surface area contributed by atoms with Gasteiger partial charge in [0.25, 0.3) is 0 Å². The Bertz CT molecular complexity index is 663. The number of aryl methyl sites for hydroxylation is 2. The quantitative estimate of drug-likeness (QED) is 0.864. The van der Waals surface area contributed by atoms with Gasteiger partial charge in [0.15, 0.2) is 0 Å². The second kappa shape index (κ2) is 7.82. The number of phenolic OH excluding ortho intramolecular Hbond substituents is 1. The van der Waals surface area contributed by atoms with Gasteiger partial charge in [-0.05, 0) is 49.4 Å². The number of nitrogens with zero attached hydrogens (tertiary/aromatic N) is 1. The predicted octanol–water partition coefficient (Wildman–Crippen LogP) is 4.19. The Labute approximate surface area is 144 Å². The lowest BCUT2D eigenvalue weighted by molar-refractivity contribution is 0.0676. The van der Waals surface area contributed by atoms with Gasteiger partial charge in [0, 0.05) is 31.8 Å². The summed E-state index contributed by atoms with van der Waals surface area (Å²) in [5.41, 5.74) is 4.63. The van der Waals surface area contributed by atoms with E-state index in [2.05, 4.69) is 42.2 Å². The highest BCUT2D eigenvalue weighted by molar-refractivity contribution is 5.40. The molecule has 0 aliphatic carbocycles. The number of phenols is 1. The van der Waals surface area contributed by atoms with E-state index in [1.165, 1.54) is 11.1 Å². The minimum absolute atomic E-state index is 0.308. The smallest absolute Gasteiger partial charge is 0.120 e. The van der Waals surface area contributed by atoms with Crippen molar-refractivity contribution < 1.29 is 9.84 Å². The molecule has 1 fully saturated rings. The Morgan fingerprint density at radius 1 is 1.08 bits per heavy atom. The van der Waals surface area contributed by atoms with Crippen molar-refractivity contribution >= 4 is 0 Å². The van der Waals surface area contributed by atoms with Crippen molar-refractivity contribution in [3.63, 3.8) is 0 Å². The highest BCUT2D eigenvalue weighted by Gasteiger charge is 2.20. The molecular weight excluding hydrogens is 298 g/mol. The fourth-order valence-electron chi connectivity index (χ4n) is 3.33. The SMILES string of the molecule is Cc1cc(O)c(CN(Cc2ccccc2)C[C@@H]2CCCO2)cc1C. The van der Waals surface area contributed by atoms with Crippen molar-refractivity contribution in [2.24, 2.45) is 0 Å². The molecule has 0 spiro atoms. The fraction of sp³-hybridized carbons (Fsp3) is 0.429. The van der Waals surface area contributed by atoms with Crippen LogP contribution in [0.5, 0.6) is 5.75 Å². The summed E-state index contributed by atoms with van der Waals surface area (Å²) in [6, 6.07) is 14.5. The van der Waals surface area contributed by atoms with Crippen molar-refractivity contribution in [1.82, 2.24) is 4.90 Å². The predicted molar refractivity (Wildman–Crippen MR) is 97.1 cm³/mol. The minimum atomic E-state index is 0.308. The lowest BCUT2D eigenvalue weighted by atomic mass is 10.0. The van der Waals surface area contributed by atoms with Gasteiger partial charge in [-0.2, -0.15) is 0 Å². The summed E-state index contributed by atoms with van der Waals surface area (Å²) in [6.45, 7) is 7.52.